The molecule has 0 saturated heterocycles. The van der Waals surface area contributed by atoms with Crippen LogP contribution in [0.25, 0.3) is 0 Å². The minimum atomic E-state index is -0.286. The van der Waals surface area contributed by atoms with Crippen molar-refractivity contribution in [3.05, 3.63) is 28.0 Å². The van der Waals surface area contributed by atoms with E-state index >= 15 is 0 Å². The summed E-state index contributed by atoms with van der Waals surface area (Å²) < 4.78 is 0. The molecule has 18 heavy (non-hydrogen) atoms. The van der Waals surface area contributed by atoms with Crippen molar-refractivity contribution in [2.24, 2.45) is 0 Å². The summed E-state index contributed by atoms with van der Waals surface area (Å²) in [5, 5.41) is 12.3. The lowest BCUT2D eigenvalue weighted by Gasteiger charge is -2.10. The van der Waals surface area contributed by atoms with Crippen LogP contribution in [-0.2, 0) is 6.42 Å². The van der Waals surface area contributed by atoms with Gasteiger partial charge in [-0.25, -0.2) is 4.98 Å². The van der Waals surface area contributed by atoms with Gasteiger partial charge in [-0.05, 0) is 13.3 Å². The van der Waals surface area contributed by atoms with E-state index in [2.05, 4.69) is 20.5 Å². The van der Waals surface area contributed by atoms with Crippen LogP contribution in [0.15, 0.2) is 11.6 Å². The minimum Gasteiger partial charge on any atom is -0.395 e. The zero-order chi connectivity index (χ0) is 13.1. The molecule has 96 valence electrons. The second-order valence-corrected chi connectivity index (χ2v) is 4.81. The Morgan fingerprint density at radius 1 is 1.67 bits per heavy atom. The third-order valence-corrected chi connectivity index (χ3v) is 3.58. The molecule has 0 spiro atoms. The molecule has 0 fully saturated rings. The van der Waals surface area contributed by atoms with E-state index in [1.807, 2.05) is 19.2 Å². The van der Waals surface area contributed by atoms with Crippen molar-refractivity contribution in [1.82, 2.24) is 20.5 Å². The van der Waals surface area contributed by atoms with E-state index in [0.717, 1.165) is 10.7 Å². The predicted octanol–water partition coefficient (Wildman–Crippen LogP) is 1.50. The summed E-state index contributed by atoms with van der Waals surface area (Å²) in [6.45, 7) is 3.82. The number of amides is 1. The zero-order valence-corrected chi connectivity index (χ0v) is 11.0. The minimum absolute atomic E-state index is 0.154. The van der Waals surface area contributed by atoms with Gasteiger partial charge < -0.3 is 11.1 Å². The first-order valence-corrected chi connectivity index (χ1v) is 6.54. The van der Waals surface area contributed by atoms with E-state index in [4.69, 9.17) is 5.73 Å². The van der Waals surface area contributed by atoms with Gasteiger partial charge in [-0.1, -0.05) is 6.92 Å². The van der Waals surface area contributed by atoms with Crippen LogP contribution in [0.1, 0.15) is 41.1 Å². The number of carbonyl (C=O) groups excluding carboxylic acids is 1. The fourth-order valence-corrected chi connectivity index (χ4v) is 2.25. The number of H-pyrrole nitrogens is 1. The van der Waals surface area contributed by atoms with Crippen molar-refractivity contribution in [3.63, 3.8) is 0 Å². The van der Waals surface area contributed by atoms with Gasteiger partial charge in [-0.3, -0.25) is 9.89 Å². The lowest BCUT2D eigenvalue weighted by molar-refractivity contribution is 0.0935. The lowest BCUT2D eigenvalue weighted by atomic mass is 10.2. The number of nitrogens with one attached hydrogen (secondary N) is 2. The highest BCUT2D eigenvalue weighted by Gasteiger charge is 2.19. The van der Waals surface area contributed by atoms with Crippen molar-refractivity contribution in [2.75, 3.05) is 5.73 Å². The van der Waals surface area contributed by atoms with Crippen molar-refractivity contribution in [1.29, 1.82) is 0 Å². The zero-order valence-electron chi connectivity index (χ0n) is 10.2. The highest BCUT2D eigenvalue weighted by atomic mass is 32.1. The number of hydrogen-bond acceptors (Lipinski definition) is 5. The molecule has 6 nitrogen and oxygen atoms in total. The molecule has 2 aromatic rings. The Morgan fingerprint density at radius 3 is 3.00 bits per heavy atom. The SMILES string of the molecule is CCc1[nH]nc(C(=O)NC(C)c2nccs2)c1N. The Hall–Kier alpha value is -1.89. The Balaban J connectivity index is 2.10. The van der Waals surface area contributed by atoms with Crippen LogP contribution in [0.2, 0.25) is 0 Å². The van der Waals surface area contributed by atoms with Crippen molar-refractivity contribution >= 4 is 22.9 Å². The molecular weight excluding hydrogens is 250 g/mol. The highest BCUT2D eigenvalue weighted by molar-refractivity contribution is 7.09. The second-order valence-electron chi connectivity index (χ2n) is 3.88. The standard InChI is InChI=1S/C11H15N5OS/c1-3-7-8(12)9(16-15-7)10(17)14-6(2)11-13-4-5-18-11/h4-6H,3,12H2,1-2H3,(H,14,17)(H,15,16). The summed E-state index contributed by atoms with van der Waals surface area (Å²) in [5.41, 5.74) is 7.28. The van der Waals surface area contributed by atoms with Gasteiger partial charge in [0.05, 0.1) is 17.4 Å². The Bertz CT molecular complexity index is 534. The van der Waals surface area contributed by atoms with E-state index in [1.54, 1.807) is 6.20 Å². The monoisotopic (exact) mass is 265 g/mol. The first kappa shape index (κ1) is 12.6. The molecule has 1 unspecified atom stereocenters. The number of aromatic amines is 1. The van der Waals surface area contributed by atoms with Gasteiger partial charge in [-0.2, -0.15) is 5.10 Å². The van der Waals surface area contributed by atoms with Gasteiger partial charge in [-0.15, -0.1) is 11.3 Å². The van der Waals surface area contributed by atoms with Crippen LogP contribution in [0, 0.1) is 0 Å². The predicted molar refractivity (Wildman–Crippen MR) is 70.4 cm³/mol. The number of rotatable bonds is 4. The third kappa shape index (κ3) is 2.35. The molecule has 4 N–H and O–H groups in total. The van der Waals surface area contributed by atoms with E-state index in [-0.39, 0.29) is 17.6 Å². The third-order valence-electron chi connectivity index (χ3n) is 2.62. The summed E-state index contributed by atoms with van der Waals surface area (Å²) in [7, 11) is 0. The number of hydrogen-bond donors (Lipinski definition) is 3. The summed E-state index contributed by atoms with van der Waals surface area (Å²) in [6, 6.07) is -0.154. The number of nitrogen functional groups attached to an aromatic ring is 1. The fourth-order valence-electron chi connectivity index (χ4n) is 1.60. The van der Waals surface area contributed by atoms with E-state index in [9.17, 15) is 4.79 Å². The molecule has 0 saturated carbocycles. The van der Waals surface area contributed by atoms with E-state index in [1.165, 1.54) is 11.3 Å². The maximum atomic E-state index is 12.0. The number of aromatic nitrogens is 3. The maximum Gasteiger partial charge on any atom is 0.274 e. The molecule has 0 bridgehead atoms. The summed E-state index contributed by atoms with van der Waals surface area (Å²) in [5.74, 6) is -0.286. The molecule has 2 heterocycles. The van der Waals surface area contributed by atoms with Gasteiger partial charge >= 0.3 is 0 Å². The summed E-state index contributed by atoms with van der Waals surface area (Å²) >= 11 is 1.50. The van der Waals surface area contributed by atoms with Crippen LogP contribution >= 0.6 is 11.3 Å². The molecule has 0 radical (unpaired) electrons. The van der Waals surface area contributed by atoms with Crippen LogP contribution < -0.4 is 11.1 Å². The Kier molecular flexibility index (Phi) is 3.61. The van der Waals surface area contributed by atoms with Crippen molar-refractivity contribution in [3.8, 4) is 0 Å². The number of nitrogens with two attached hydrogens (primary N) is 1. The van der Waals surface area contributed by atoms with Crippen LogP contribution in [0.5, 0.6) is 0 Å². The quantitative estimate of drug-likeness (QED) is 0.780. The van der Waals surface area contributed by atoms with Gasteiger partial charge in [0.2, 0.25) is 0 Å². The van der Waals surface area contributed by atoms with E-state index < -0.39 is 0 Å². The van der Waals surface area contributed by atoms with Crippen LogP contribution in [0.4, 0.5) is 5.69 Å². The lowest BCUT2D eigenvalue weighted by Crippen LogP contribution is -2.27. The molecule has 0 aliphatic heterocycles. The van der Waals surface area contributed by atoms with Gasteiger partial charge in [0.1, 0.15) is 5.01 Å². The molecule has 7 heteroatoms. The number of nitrogens with zero attached hydrogens (tertiary/aromatic N) is 2. The van der Waals surface area contributed by atoms with E-state index in [0.29, 0.717) is 12.1 Å². The topological polar surface area (TPSA) is 96.7 Å². The fraction of sp³-hybridized carbons (Fsp3) is 0.364. The van der Waals surface area contributed by atoms with Crippen molar-refractivity contribution in [2.45, 2.75) is 26.3 Å². The molecule has 2 aromatic heterocycles. The molecule has 0 aliphatic carbocycles. The molecule has 1 amide bonds. The normalized spacial score (nSPS) is 12.3. The Labute approximate surface area is 109 Å². The maximum absolute atomic E-state index is 12.0. The average molecular weight is 265 g/mol. The molecule has 0 aromatic carbocycles. The molecule has 2 rings (SSSR count). The van der Waals surface area contributed by atoms with Gasteiger partial charge in [0.25, 0.3) is 5.91 Å². The number of thiazole rings is 1. The molecular formula is C11H15N5OS. The van der Waals surface area contributed by atoms with Crippen LogP contribution in [-0.4, -0.2) is 21.1 Å². The van der Waals surface area contributed by atoms with Gasteiger partial charge in [0, 0.05) is 11.6 Å². The molecule has 1 atom stereocenters. The average Bonchev–Trinajstić information content (AvgIpc) is 2.97. The number of anilines is 1. The smallest absolute Gasteiger partial charge is 0.274 e. The van der Waals surface area contributed by atoms with Crippen LogP contribution in [0.3, 0.4) is 0 Å². The highest BCUT2D eigenvalue weighted by Crippen LogP contribution is 2.18. The number of aryl methyl sites for hydroxylation is 1. The van der Waals surface area contributed by atoms with Crippen molar-refractivity contribution < 1.29 is 4.79 Å². The van der Waals surface area contributed by atoms with Gasteiger partial charge in [0.15, 0.2) is 5.69 Å². The molecule has 0 aliphatic rings. The summed E-state index contributed by atoms with van der Waals surface area (Å²) in [6.07, 6.45) is 2.43. The first-order valence-electron chi connectivity index (χ1n) is 5.66. The summed E-state index contributed by atoms with van der Waals surface area (Å²) in [4.78, 5) is 16.2. The second kappa shape index (κ2) is 5.18. The first-order chi connectivity index (χ1) is 8.63. The Morgan fingerprint density at radius 2 is 2.44 bits per heavy atom. The number of carbonyl (C=O) groups is 1. The largest absolute Gasteiger partial charge is 0.395 e.